The maximum absolute atomic E-state index is 12.8. The Balaban J connectivity index is 2.00. The molecule has 0 aromatic heterocycles. The molecule has 1 heterocycles. The molecule has 9 heteroatoms. The van der Waals surface area contributed by atoms with E-state index >= 15 is 0 Å². The van der Waals surface area contributed by atoms with Gasteiger partial charge in [-0.1, -0.05) is 37.6 Å². The first-order valence-corrected chi connectivity index (χ1v) is 11.8. The van der Waals surface area contributed by atoms with Crippen molar-refractivity contribution in [1.82, 2.24) is 16.0 Å². The van der Waals surface area contributed by atoms with Crippen LogP contribution in [0, 0.1) is 11.8 Å². The number of rotatable bonds is 12. The number of aliphatic hydroxyl groups is 1. The molecule has 184 valence electrons. The Bertz CT molecular complexity index is 813. The van der Waals surface area contributed by atoms with Gasteiger partial charge >= 0.3 is 5.97 Å². The fraction of sp³-hybridized carbons (Fsp3) is 0.625. The summed E-state index contributed by atoms with van der Waals surface area (Å²) in [5, 5.41) is 20.3. The summed E-state index contributed by atoms with van der Waals surface area (Å²) in [5.41, 5.74) is -0.754. The molecule has 2 amide bonds. The number of benzene rings is 1. The summed E-state index contributed by atoms with van der Waals surface area (Å²) in [7, 11) is 1.32. The summed E-state index contributed by atoms with van der Waals surface area (Å²) in [6, 6.07) is 5.83. The van der Waals surface area contributed by atoms with E-state index in [4.69, 9.17) is 16.3 Å². The monoisotopic (exact) mass is 481 g/mol. The van der Waals surface area contributed by atoms with Crippen LogP contribution < -0.4 is 16.0 Å². The van der Waals surface area contributed by atoms with Gasteiger partial charge in [-0.3, -0.25) is 14.4 Å². The van der Waals surface area contributed by atoms with Crippen molar-refractivity contribution in [3.63, 3.8) is 0 Å². The number of ether oxygens (including phenoxy) is 1. The van der Waals surface area contributed by atoms with E-state index in [1.165, 1.54) is 7.11 Å². The number of carbonyl (C=O) groups is 3. The first kappa shape index (κ1) is 27.1. The van der Waals surface area contributed by atoms with E-state index in [9.17, 15) is 19.5 Å². The smallest absolute Gasteiger partial charge is 0.322 e. The van der Waals surface area contributed by atoms with Gasteiger partial charge in [0.15, 0.2) is 0 Å². The third-order valence-corrected chi connectivity index (χ3v) is 6.12. The van der Waals surface area contributed by atoms with Crippen molar-refractivity contribution < 1.29 is 24.2 Å². The molecule has 1 fully saturated rings. The van der Waals surface area contributed by atoms with Crippen LogP contribution in [-0.4, -0.2) is 55.2 Å². The second kappa shape index (κ2) is 12.3. The molecule has 0 bridgehead atoms. The van der Waals surface area contributed by atoms with Crippen LogP contribution in [0.3, 0.4) is 0 Å². The lowest BCUT2D eigenvalue weighted by Gasteiger charge is -2.27. The molecule has 1 aromatic rings. The zero-order valence-corrected chi connectivity index (χ0v) is 20.6. The van der Waals surface area contributed by atoms with Crippen LogP contribution in [0.2, 0.25) is 5.02 Å². The zero-order valence-electron chi connectivity index (χ0n) is 19.8. The number of hydrogen-bond acceptors (Lipinski definition) is 6. The van der Waals surface area contributed by atoms with Crippen molar-refractivity contribution in [3.8, 4) is 0 Å². The second-order valence-electron chi connectivity index (χ2n) is 9.35. The lowest BCUT2D eigenvalue weighted by molar-refractivity contribution is -0.143. The quantitative estimate of drug-likeness (QED) is 0.340. The number of amides is 2. The molecule has 4 atom stereocenters. The predicted octanol–water partition coefficient (Wildman–Crippen LogP) is 2.13. The summed E-state index contributed by atoms with van der Waals surface area (Å²) in [6.07, 6.45) is 1.58. The SMILES string of the molecule is COC(=O)[C@H](C[C@@H]1CCNC1=O)NC[C@H](CC(C)C)NC(=O)CC(C)(O)c1ccc(Cl)cc1. The van der Waals surface area contributed by atoms with Gasteiger partial charge in [0.2, 0.25) is 11.8 Å². The average Bonchev–Trinajstić information content (AvgIpc) is 3.14. The highest BCUT2D eigenvalue weighted by Crippen LogP contribution is 2.26. The Kier molecular flexibility index (Phi) is 10.1. The minimum atomic E-state index is -1.35. The molecule has 33 heavy (non-hydrogen) atoms. The van der Waals surface area contributed by atoms with E-state index in [0.717, 1.165) is 0 Å². The van der Waals surface area contributed by atoms with E-state index in [2.05, 4.69) is 16.0 Å². The van der Waals surface area contributed by atoms with E-state index in [0.29, 0.717) is 48.9 Å². The standard InChI is InChI=1S/C24H36ClN3O5/c1-15(2)11-19(14-27-20(23(31)33-4)12-16-9-10-26-22(16)30)28-21(29)13-24(3,32)17-5-7-18(25)8-6-17/h5-8,15-16,19-20,27,32H,9-14H2,1-4H3,(H,26,30)(H,28,29)/t16-,19-,20-,24?/m0/s1. The number of carbonyl (C=O) groups excluding carboxylic acids is 3. The van der Waals surface area contributed by atoms with E-state index in [1.807, 2.05) is 13.8 Å². The van der Waals surface area contributed by atoms with Crippen molar-refractivity contribution in [3.05, 3.63) is 34.9 Å². The molecule has 8 nitrogen and oxygen atoms in total. The summed E-state index contributed by atoms with van der Waals surface area (Å²) < 4.78 is 4.91. The molecule has 1 unspecified atom stereocenters. The third kappa shape index (κ3) is 8.61. The molecule has 1 aliphatic rings. The molecule has 1 aromatic carbocycles. The fourth-order valence-electron chi connectivity index (χ4n) is 4.11. The van der Waals surface area contributed by atoms with E-state index in [1.54, 1.807) is 31.2 Å². The van der Waals surface area contributed by atoms with Crippen molar-refractivity contribution in [2.45, 2.75) is 64.1 Å². The summed E-state index contributed by atoms with van der Waals surface area (Å²) >= 11 is 5.92. The van der Waals surface area contributed by atoms with Crippen LogP contribution in [0.4, 0.5) is 0 Å². The predicted molar refractivity (Wildman–Crippen MR) is 127 cm³/mol. The number of methoxy groups -OCH3 is 1. The van der Waals surface area contributed by atoms with Gasteiger partial charge < -0.3 is 25.8 Å². The van der Waals surface area contributed by atoms with Crippen molar-refractivity contribution in [2.75, 3.05) is 20.2 Å². The molecule has 1 aliphatic heterocycles. The van der Waals surface area contributed by atoms with Crippen molar-refractivity contribution in [2.24, 2.45) is 11.8 Å². The molecular weight excluding hydrogens is 446 g/mol. The number of esters is 1. The molecule has 4 N–H and O–H groups in total. The van der Waals surface area contributed by atoms with Gasteiger partial charge in [-0.05, 0) is 49.8 Å². The molecule has 1 saturated heterocycles. The van der Waals surface area contributed by atoms with Crippen LogP contribution in [0.25, 0.3) is 0 Å². The number of nitrogens with one attached hydrogen (secondary N) is 3. The lowest BCUT2D eigenvalue weighted by Crippen LogP contribution is -2.49. The molecule has 0 spiro atoms. The average molecular weight is 482 g/mol. The Morgan fingerprint density at radius 3 is 2.52 bits per heavy atom. The first-order valence-electron chi connectivity index (χ1n) is 11.4. The third-order valence-electron chi connectivity index (χ3n) is 5.87. The van der Waals surface area contributed by atoms with Crippen molar-refractivity contribution >= 4 is 29.4 Å². The highest BCUT2D eigenvalue weighted by molar-refractivity contribution is 6.30. The Hall–Kier alpha value is -2.16. The van der Waals surface area contributed by atoms with Crippen LogP contribution in [0.1, 0.15) is 52.0 Å². The van der Waals surface area contributed by atoms with Crippen LogP contribution >= 0.6 is 11.6 Å². The maximum Gasteiger partial charge on any atom is 0.322 e. The molecular formula is C24H36ClN3O5. The Morgan fingerprint density at radius 1 is 1.30 bits per heavy atom. The molecule has 0 aliphatic carbocycles. The summed E-state index contributed by atoms with van der Waals surface area (Å²) in [5.74, 6) is -0.732. The highest BCUT2D eigenvalue weighted by atomic mass is 35.5. The van der Waals surface area contributed by atoms with Gasteiger partial charge in [0.05, 0.1) is 19.1 Å². The van der Waals surface area contributed by atoms with Crippen LogP contribution in [0.5, 0.6) is 0 Å². The maximum atomic E-state index is 12.8. The van der Waals surface area contributed by atoms with Gasteiger partial charge in [0.1, 0.15) is 6.04 Å². The highest BCUT2D eigenvalue weighted by Gasteiger charge is 2.32. The molecule has 2 rings (SSSR count). The summed E-state index contributed by atoms with van der Waals surface area (Å²) in [4.78, 5) is 37.0. The van der Waals surface area contributed by atoms with Crippen LogP contribution in [0.15, 0.2) is 24.3 Å². The van der Waals surface area contributed by atoms with Crippen molar-refractivity contribution in [1.29, 1.82) is 0 Å². The normalized spacial score (nSPS) is 19.5. The fourth-order valence-corrected chi connectivity index (χ4v) is 4.23. The minimum Gasteiger partial charge on any atom is -0.468 e. The zero-order chi connectivity index (χ0) is 24.6. The van der Waals surface area contributed by atoms with Crippen LogP contribution in [-0.2, 0) is 24.7 Å². The van der Waals surface area contributed by atoms with E-state index in [-0.39, 0.29) is 30.2 Å². The number of halogens is 1. The van der Waals surface area contributed by atoms with E-state index < -0.39 is 17.6 Å². The number of hydrogen-bond donors (Lipinski definition) is 4. The van der Waals surface area contributed by atoms with Gasteiger partial charge in [-0.15, -0.1) is 0 Å². The molecule has 0 saturated carbocycles. The second-order valence-corrected chi connectivity index (χ2v) is 9.78. The minimum absolute atomic E-state index is 0.0535. The first-order chi connectivity index (χ1) is 15.5. The lowest BCUT2D eigenvalue weighted by atomic mass is 9.92. The molecule has 0 radical (unpaired) electrons. The summed E-state index contributed by atoms with van der Waals surface area (Å²) in [6.45, 7) is 6.62. The Morgan fingerprint density at radius 2 is 1.97 bits per heavy atom. The van der Waals surface area contributed by atoms with Gasteiger partial charge in [0, 0.05) is 30.1 Å². The van der Waals surface area contributed by atoms with Gasteiger partial charge in [0.25, 0.3) is 0 Å². The topological polar surface area (TPSA) is 117 Å². The van der Waals surface area contributed by atoms with Gasteiger partial charge in [-0.2, -0.15) is 0 Å². The largest absolute Gasteiger partial charge is 0.468 e. The Labute approximate surface area is 200 Å². The van der Waals surface area contributed by atoms with Gasteiger partial charge in [-0.25, -0.2) is 0 Å².